The highest BCUT2D eigenvalue weighted by atomic mass is 19.1. The number of aliphatic hydroxyl groups is 4. The van der Waals surface area contributed by atoms with Gasteiger partial charge in [-0.1, -0.05) is 24.3 Å². The number of para-hydroxylation sites is 1. The van der Waals surface area contributed by atoms with E-state index in [0.29, 0.717) is 6.42 Å². The summed E-state index contributed by atoms with van der Waals surface area (Å²) in [7, 11) is 1.41. The van der Waals surface area contributed by atoms with Crippen LogP contribution in [0.4, 0.5) is 4.39 Å². The molecule has 0 amide bonds. The van der Waals surface area contributed by atoms with Crippen molar-refractivity contribution >= 4 is 10.9 Å². The molecule has 7 nitrogen and oxygen atoms in total. The molecule has 31 heavy (non-hydrogen) atoms. The van der Waals surface area contributed by atoms with E-state index in [1.54, 1.807) is 22.9 Å². The van der Waals surface area contributed by atoms with Crippen molar-refractivity contribution in [1.29, 1.82) is 0 Å². The maximum atomic E-state index is 14.2. The van der Waals surface area contributed by atoms with Crippen LogP contribution in [0.15, 0.2) is 42.6 Å². The van der Waals surface area contributed by atoms with Gasteiger partial charge in [0, 0.05) is 11.6 Å². The number of nitrogens with zero attached hydrogens (tertiary/aromatic N) is 1. The van der Waals surface area contributed by atoms with Crippen molar-refractivity contribution < 1.29 is 34.3 Å². The molecule has 0 radical (unpaired) electrons. The van der Waals surface area contributed by atoms with Crippen LogP contribution in [0.1, 0.15) is 22.9 Å². The van der Waals surface area contributed by atoms with Gasteiger partial charge in [0.2, 0.25) is 0 Å². The normalized spacial score (nSPS) is 26.4. The number of rotatable bonds is 5. The number of aryl methyl sites for hydroxylation is 1. The van der Waals surface area contributed by atoms with Gasteiger partial charge in [0.1, 0.15) is 24.4 Å². The van der Waals surface area contributed by atoms with Crippen molar-refractivity contribution in [2.24, 2.45) is 0 Å². The molecule has 0 aliphatic carbocycles. The van der Waals surface area contributed by atoms with Gasteiger partial charge in [-0.3, -0.25) is 0 Å². The van der Waals surface area contributed by atoms with Gasteiger partial charge in [-0.25, -0.2) is 4.39 Å². The van der Waals surface area contributed by atoms with Crippen LogP contribution in [0.5, 0.6) is 5.75 Å². The van der Waals surface area contributed by atoms with Gasteiger partial charge in [-0.2, -0.15) is 0 Å². The molecule has 8 heteroatoms. The first-order valence-electron chi connectivity index (χ1n) is 10.1. The fourth-order valence-electron chi connectivity index (χ4n) is 4.26. The van der Waals surface area contributed by atoms with Crippen LogP contribution in [0.2, 0.25) is 0 Å². The molecule has 166 valence electrons. The zero-order valence-electron chi connectivity index (χ0n) is 17.3. The number of halogens is 1. The second kappa shape index (κ2) is 8.57. The van der Waals surface area contributed by atoms with Crippen LogP contribution in [-0.4, -0.2) is 63.1 Å². The molecule has 1 aromatic heterocycles. The summed E-state index contributed by atoms with van der Waals surface area (Å²) in [4.78, 5) is 0. The quantitative estimate of drug-likeness (QED) is 0.490. The van der Waals surface area contributed by atoms with Gasteiger partial charge >= 0.3 is 0 Å². The molecule has 1 aliphatic heterocycles. The maximum absolute atomic E-state index is 14.2. The van der Waals surface area contributed by atoms with Gasteiger partial charge in [0.15, 0.2) is 17.8 Å². The molecule has 0 saturated carbocycles. The van der Waals surface area contributed by atoms with E-state index in [1.807, 2.05) is 25.1 Å². The molecule has 0 bridgehead atoms. The molecule has 1 saturated heterocycles. The molecular weight excluding hydrogens is 405 g/mol. The third kappa shape index (κ3) is 3.81. The smallest absolute Gasteiger partial charge is 0.165 e. The number of aliphatic hydroxyl groups excluding tert-OH is 4. The van der Waals surface area contributed by atoms with Crippen molar-refractivity contribution in [2.45, 2.75) is 44.0 Å². The summed E-state index contributed by atoms with van der Waals surface area (Å²) in [5.41, 5.74) is 3.32. The Kier molecular flexibility index (Phi) is 6.00. The van der Waals surface area contributed by atoms with Crippen molar-refractivity contribution in [1.82, 2.24) is 4.57 Å². The maximum Gasteiger partial charge on any atom is 0.165 e. The van der Waals surface area contributed by atoms with E-state index in [4.69, 9.17) is 9.47 Å². The standard InChI is InChI=1S/C23H26FNO6/c1-12-4-3-5-15-14(8-13-6-7-17(30-2)16(24)9-13)10-25(19(12)15)23-22(29)21(28)20(27)18(11-26)31-23/h3-7,9-10,18,20-23,26-29H,8,11H2,1-2H3/t18-,20-,21+,22-,23-/m1/s1. The number of aromatic nitrogens is 1. The Hall–Kier alpha value is -2.49. The van der Waals surface area contributed by atoms with Gasteiger partial charge in [0.25, 0.3) is 0 Å². The molecular formula is C23H26FNO6. The molecule has 4 rings (SSSR count). The summed E-state index contributed by atoms with van der Waals surface area (Å²) in [6, 6.07) is 10.5. The molecule has 0 spiro atoms. The number of ether oxygens (including phenoxy) is 2. The van der Waals surface area contributed by atoms with Gasteiger partial charge < -0.3 is 34.5 Å². The number of methoxy groups -OCH3 is 1. The van der Waals surface area contributed by atoms with Crippen molar-refractivity contribution in [3.05, 3.63) is 65.1 Å². The molecule has 2 heterocycles. The molecule has 1 fully saturated rings. The Labute approximate surface area is 178 Å². The minimum Gasteiger partial charge on any atom is -0.494 e. The number of hydrogen-bond donors (Lipinski definition) is 4. The zero-order valence-corrected chi connectivity index (χ0v) is 17.3. The molecule has 2 aromatic carbocycles. The minimum absolute atomic E-state index is 0.170. The highest BCUT2D eigenvalue weighted by molar-refractivity contribution is 5.87. The third-order valence-electron chi connectivity index (χ3n) is 5.89. The minimum atomic E-state index is -1.48. The first kappa shape index (κ1) is 21.7. The lowest BCUT2D eigenvalue weighted by atomic mass is 9.98. The molecule has 3 aromatic rings. The molecule has 0 unspecified atom stereocenters. The second-order valence-corrected chi connectivity index (χ2v) is 7.90. The average Bonchev–Trinajstić information content (AvgIpc) is 3.12. The van der Waals surface area contributed by atoms with Gasteiger partial charge in [-0.15, -0.1) is 0 Å². The summed E-state index contributed by atoms with van der Waals surface area (Å²) in [6.45, 7) is 1.41. The van der Waals surface area contributed by atoms with Crippen LogP contribution in [0, 0.1) is 12.7 Å². The Morgan fingerprint density at radius 1 is 1.10 bits per heavy atom. The van der Waals surface area contributed by atoms with E-state index in [9.17, 15) is 24.8 Å². The summed E-state index contributed by atoms with van der Waals surface area (Å²) in [6.07, 6.45) is -4.11. The Morgan fingerprint density at radius 3 is 2.55 bits per heavy atom. The molecule has 1 aliphatic rings. The van der Waals surface area contributed by atoms with E-state index in [0.717, 1.165) is 27.6 Å². The Bertz CT molecular complexity index is 1080. The number of hydrogen-bond acceptors (Lipinski definition) is 6. The average molecular weight is 431 g/mol. The van der Waals surface area contributed by atoms with Crippen LogP contribution in [0.25, 0.3) is 10.9 Å². The van der Waals surface area contributed by atoms with E-state index in [2.05, 4.69) is 0 Å². The lowest BCUT2D eigenvalue weighted by Crippen LogP contribution is -2.56. The largest absolute Gasteiger partial charge is 0.494 e. The summed E-state index contributed by atoms with van der Waals surface area (Å²) < 4.78 is 26.6. The van der Waals surface area contributed by atoms with Crippen LogP contribution in [0.3, 0.4) is 0 Å². The van der Waals surface area contributed by atoms with Crippen LogP contribution >= 0.6 is 0 Å². The highest BCUT2D eigenvalue weighted by Gasteiger charge is 2.44. The zero-order chi connectivity index (χ0) is 22.3. The predicted octanol–water partition coefficient (Wildman–Crippen LogP) is 1.66. The first-order chi connectivity index (χ1) is 14.8. The summed E-state index contributed by atoms with van der Waals surface area (Å²) in [5.74, 6) is -0.280. The lowest BCUT2D eigenvalue weighted by Gasteiger charge is -2.40. The summed E-state index contributed by atoms with van der Waals surface area (Å²) in [5, 5.41) is 41.4. The lowest BCUT2D eigenvalue weighted by molar-refractivity contribution is -0.250. The van der Waals surface area contributed by atoms with E-state index < -0.39 is 43.1 Å². The van der Waals surface area contributed by atoms with Gasteiger partial charge in [0.05, 0.1) is 19.2 Å². The monoisotopic (exact) mass is 431 g/mol. The van der Waals surface area contributed by atoms with E-state index in [-0.39, 0.29) is 5.75 Å². The van der Waals surface area contributed by atoms with Crippen molar-refractivity contribution in [2.75, 3.05) is 13.7 Å². The highest BCUT2D eigenvalue weighted by Crippen LogP contribution is 2.35. The third-order valence-corrected chi connectivity index (χ3v) is 5.89. The second-order valence-electron chi connectivity index (χ2n) is 7.90. The molecule has 4 N–H and O–H groups in total. The Morgan fingerprint density at radius 2 is 1.87 bits per heavy atom. The van der Waals surface area contributed by atoms with Crippen molar-refractivity contribution in [3.63, 3.8) is 0 Å². The first-order valence-corrected chi connectivity index (χ1v) is 10.1. The summed E-state index contributed by atoms with van der Waals surface area (Å²) >= 11 is 0. The Balaban J connectivity index is 1.78. The molecule has 5 atom stereocenters. The topological polar surface area (TPSA) is 104 Å². The SMILES string of the molecule is COc1ccc(Cc2cn([C@@H]3O[C@H](CO)[C@@H](O)[C@H](O)[C@H]3O)c3c(C)cccc23)cc1F. The van der Waals surface area contributed by atoms with Gasteiger partial charge in [-0.05, 0) is 42.2 Å². The van der Waals surface area contributed by atoms with E-state index >= 15 is 0 Å². The number of benzene rings is 2. The predicted molar refractivity (Wildman–Crippen MR) is 111 cm³/mol. The fraction of sp³-hybridized carbons (Fsp3) is 0.391. The van der Waals surface area contributed by atoms with Crippen molar-refractivity contribution in [3.8, 4) is 5.75 Å². The fourth-order valence-corrected chi connectivity index (χ4v) is 4.26. The van der Waals surface area contributed by atoms with Crippen LogP contribution < -0.4 is 4.74 Å². The van der Waals surface area contributed by atoms with Crippen LogP contribution in [-0.2, 0) is 11.2 Å². The van der Waals surface area contributed by atoms with E-state index in [1.165, 1.54) is 13.2 Å². The number of fused-ring (bicyclic) bond motifs is 1.